The Bertz CT molecular complexity index is 944. The molecule has 8 nitrogen and oxygen atoms in total. The number of aromatic nitrogens is 3. The number of rotatable bonds is 5. The molecule has 1 aliphatic heterocycles. The number of hydrogen-bond donors (Lipinski definition) is 0. The van der Waals surface area contributed by atoms with E-state index < -0.39 is 0 Å². The van der Waals surface area contributed by atoms with E-state index in [0.29, 0.717) is 50.0 Å². The molecule has 1 amide bonds. The molecule has 0 saturated carbocycles. The first-order valence-electron chi connectivity index (χ1n) is 9.57. The Hall–Kier alpha value is -3.42. The lowest BCUT2D eigenvalue weighted by molar-refractivity contribution is 0.0746. The van der Waals surface area contributed by atoms with Gasteiger partial charge in [-0.25, -0.2) is 9.97 Å². The van der Waals surface area contributed by atoms with Crippen LogP contribution in [0.1, 0.15) is 27.4 Å². The maximum Gasteiger partial charge on any atom is 0.253 e. The Kier molecular flexibility index (Phi) is 5.41. The molecular formula is C21H23N5O3. The van der Waals surface area contributed by atoms with E-state index in [4.69, 9.17) is 9.26 Å². The average Bonchev–Trinajstić information content (AvgIpc) is 3.10. The van der Waals surface area contributed by atoms with Crippen molar-refractivity contribution in [3.8, 4) is 5.75 Å². The average molecular weight is 393 g/mol. The van der Waals surface area contributed by atoms with E-state index >= 15 is 0 Å². The molecule has 3 aromatic rings. The van der Waals surface area contributed by atoms with E-state index in [0.717, 1.165) is 17.0 Å². The normalized spacial score (nSPS) is 14.1. The van der Waals surface area contributed by atoms with Gasteiger partial charge in [-0.3, -0.25) is 4.79 Å². The zero-order valence-electron chi connectivity index (χ0n) is 16.5. The minimum Gasteiger partial charge on any atom is -0.489 e. The number of amides is 1. The van der Waals surface area contributed by atoms with Crippen LogP contribution in [0.25, 0.3) is 0 Å². The van der Waals surface area contributed by atoms with Crippen LogP contribution in [0.5, 0.6) is 5.75 Å². The number of benzene rings is 1. The standard InChI is InChI=1S/C21H23N5O3/c1-15-19(16(2)29-24-15)14-28-18-6-4-17(5-7-18)20(27)25-10-12-26(13-11-25)21-22-8-3-9-23-21/h3-9H,10-14H2,1-2H3. The fourth-order valence-electron chi connectivity index (χ4n) is 3.30. The monoisotopic (exact) mass is 393 g/mol. The summed E-state index contributed by atoms with van der Waals surface area (Å²) in [5, 5.41) is 3.93. The molecule has 1 saturated heterocycles. The van der Waals surface area contributed by atoms with Crippen molar-refractivity contribution in [1.82, 2.24) is 20.0 Å². The first kappa shape index (κ1) is 18.9. The van der Waals surface area contributed by atoms with Crippen molar-refractivity contribution < 1.29 is 14.1 Å². The summed E-state index contributed by atoms with van der Waals surface area (Å²) < 4.78 is 11.0. The molecular weight excluding hydrogens is 370 g/mol. The van der Waals surface area contributed by atoms with Crippen LogP contribution in [0.4, 0.5) is 5.95 Å². The summed E-state index contributed by atoms with van der Waals surface area (Å²) in [4.78, 5) is 25.3. The molecule has 4 rings (SSSR count). The molecule has 1 aromatic carbocycles. The van der Waals surface area contributed by atoms with Gasteiger partial charge in [-0.1, -0.05) is 5.16 Å². The van der Waals surface area contributed by atoms with E-state index in [1.165, 1.54) is 0 Å². The molecule has 150 valence electrons. The molecule has 3 heterocycles. The second kappa shape index (κ2) is 8.30. The second-order valence-electron chi connectivity index (χ2n) is 6.94. The molecule has 29 heavy (non-hydrogen) atoms. The van der Waals surface area contributed by atoms with Crippen LogP contribution < -0.4 is 9.64 Å². The summed E-state index contributed by atoms with van der Waals surface area (Å²) in [7, 11) is 0. The van der Waals surface area contributed by atoms with Crippen molar-refractivity contribution >= 4 is 11.9 Å². The summed E-state index contributed by atoms with van der Waals surface area (Å²) in [5.41, 5.74) is 2.43. The number of aryl methyl sites for hydroxylation is 2. The Balaban J connectivity index is 1.33. The third kappa shape index (κ3) is 4.21. The Morgan fingerprint density at radius 1 is 1.07 bits per heavy atom. The third-order valence-electron chi connectivity index (χ3n) is 5.07. The molecule has 0 bridgehead atoms. The number of hydrogen-bond acceptors (Lipinski definition) is 7. The highest BCUT2D eigenvalue weighted by Crippen LogP contribution is 2.19. The zero-order chi connectivity index (χ0) is 20.2. The molecule has 0 radical (unpaired) electrons. The lowest BCUT2D eigenvalue weighted by atomic mass is 10.1. The van der Waals surface area contributed by atoms with Crippen molar-refractivity contribution in [1.29, 1.82) is 0 Å². The number of ether oxygens (including phenoxy) is 1. The minimum absolute atomic E-state index is 0.0240. The highest BCUT2D eigenvalue weighted by molar-refractivity contribution is 5.94. The van der Waals surface area contributed by atoms with E-state index in [1.54, 1.807) is 30.6 Å². The molecule has 2 aromatic heterocycles. The number of carbonyl (C=O) groups excluding carboxylic acids is 1. The van der Waals surface area contributed by atoms with Crippen LogP contribution >= 0.6 is 0 Å². The lowest BCUT2D eigenvalue weighted by Crippen LogP contribution is -2.49. The molecule has 0 spiro atoms. The van der Waals surface area contributed by atoms with Gasteiger partial charge in [-0.15, -0.1) is 0 Å². The van der Waals surface area contributed by atoms with Gasteiger partial charge in [-0.2, -0.15) is 0 Å². The Labute approximate surface area is 169 Å². The fraction of sp³-hybridized carbons (Fsp3) is 0.333. The Morgan fingerprint density at radius 2 is 1.76 bits per heavy atom. The molecule has 0 aliphatic carbocycles. The minimum atomic E-state index is 0.0240. The van der Waals surface area contributed by atoms with Crippen LogP contribution in [-0.4, -0.2) is 52.1 Å². The van der Waals surface area contributed by atoms with Gasteiger partial charge in [0.1, 0.15) is 18.1 Å². The van der Waals surface area contributed by atoms with Gasteiger partial charge >= 0.3 is 0 Å². The van der Waals surface area contributed by atoms with Crippen molar-refractivity contribution in [2.75, 3.05) is 31.1 Å². The summed E-state index contributed by atoms with van der Waals surface area (Å²) in [6.07, 6.45) is 3.46. The number of nitrogens with zero attached hydrogens (tertiary/aromatic N) is 5. The summed E-state index contributed by atoms with van der Waals surface area (Å²) >= 11 is 0. The molecule has 0 unspecified atom stereocenters. The summed E-state index contributed by atoms with van der Waals surface area (Å²) in [6, 6.07) is 9.04. The number of carbonyl (C=O) groups is 1. The number of anilines is 1. The van der Waals surface area contributed by atoms with Crippen molar-refractivity contribution in [2.45, 2.75) is 20.5 Å². The van der Waals surface area contributed by atoms with Crippen molar-refractivity contribution in [3.63, 3.8) is 0 Å². The first-order valence-corrected chi connectivity index (χ1v) is 9.57. The predicted octanol–water partition coefficient (Wildman–Crippen LogP) is 2.62. The van der Waals surface area contributed by atoms with Gasteiger partial charge in [0.05, 0.1) is 11.3 Å². The molecule has 0 N–H and O–H groups in total. The largest absolute Gasteiger partial charge is 0.489 e. The van der Waals surface area contributed by atoms with Gasteiger partial charge < -0.3 is 19.1 Å². The molecule has 1 fully saturated rings. The van der Waals surface area contributed by atoms with Gasteiger partial charge in [0.2, 0.25) is 5.95 Å². The lowest BCUT2D eigenvalue weighted by Gasteiger charge is -2.34. The smallest absolute Gasteiger partial charge is 0.253 e. The maximum absolute atomic E-state index is 12.8. The van der Waals surface area contributed by atoms with Crippen molar-refractivity contribution in [2.24, 2.45) is 0 Å². The fourth-order valence-corrected chi connectivity index (χ4v) is 3.30. The number of piperazine rings is 1. The van der Waals surface area contributed by atoms with Crippen LogP contribution in [0.15, 0.2) is 47.2 Å². The highest BCUT2D eigenvalue weighted by atomic mass is 16.5. The van der Waals surface area contributed by atoms with E-state index in [9.17, 15) is 4.79 Å². The molecule has 8 heteroatoms. The van der Waals surface area contributed by atoms with Gasteiger partial charge in [0, 0.05) is 44.1 Å². The maximum atomic E-state index is 12.8. The van der Waals surface area contributed by atoms with Gasteiger partial charge in [0.25, 0.3) is 5.91 Å². The topological polar surface area (TPSA) is 84.6 Å². The molecule has 1 aliphatic rings. The second-order valence-corrected chi connectivity index (χ2v) is 6.94. The quantitative estimate of drug-likeness (QED) is 0.659. The van der Waals surface area contributed by atoms with Gasteiger partial charge in [0.15, 0.2) is 0 Å². The van der Waals surface area contributed by atoms with Crippen LogP contribution in [0.2, 0.25) is 0 Å². The zero-order valence-corrected chi connectivity index (χ0v) is 16.5. The summed E-state index contributed by atoms with van der Waals surface area (Å²) in [5.74, 6) is 2.19. The SMILES string of the molecule is Cc1noc(C)c1COc1ccc(C(=O)N2CCN(c3ncccn3)CC2)cc1. The van der Waals surface area contributed by atoms with Crippen LogP contribution in [-0.2, 0) is 6.61 Å². The predicted molar refractivity (Wildman–Crippen MR) is 107 cm³/mol. The summed E-state index contributed by atoms with van der Waals surface area (Å²) in [6.45, 7) is 6.86. The highest BCUT2D eigenvalue weighted by Gasteiger charge is 2.23. The molecule has 0 atom stereocenters. The van der Waals surface area contributed by atoms with Gasteiger partial charge in [-0.05, 0) is 44.2 Å². The van der Waals surface area contributed by atoms with E-state index in [1.807, 2.05) is 30.9 Å². The van der Waals surface area contributed by atoms with Crippen molar-refractivity contribution in [3.05, 3.63) is 65.3 Å². The first-order chi connectivity index (χ1) is 14.1. The van der Waals surface area contributed by atoms with E-state index in [-0.39, 0.29) is 5.91 Å². The third-order valence-corrected chi connectivity index (χ3v) is 5.07. The Morgan fingerprint density at radius 3 is 2.38 bits per heavy atom. The van der Waals surface area contributed by atoms with E-state index in [2.05, 4.69) is 20.0 Å². The van der Waals surface area contributed by atoms with Crippen LogP contribution in [0.3, 0.4) is 0 Å². The van der Waals surface area contributed by atoms with Crippen LogP contribution in [0, 0.1) is 13.8 Å².